The molecule has 4 heteroatoms. The summed E-state index contributed by atoms with van der Waals surface area (Å²) in [7, 11) is -1.78. The number of hydrogen-bond donors (Lipinski definition) is 0. The van der Waals surface area contributed by atoms with E-state index in [-0.39, 0.29) is 22.8 Å². The first kappa shape index (κ1) is 24.2. The van der Waals surface area contributed by atoms with Gasteiger partial charge in [-0.3, -0.25) is 0 Å². The second-order valence-corrected chi connectivity index (χ2v) is 11.2. The third-order valence-electron chi connectivity index (χ3n) is 5.56. The van der Waals surface area contributed by atoms with Crippen molar-refractivity contribution in [1.29, 1.82) is 0 Å². The smallest absolute Gasteiger partial charge is 0.123 e. The van der Waals surface area contributed by atoms with Crippen LogP contribution in [0.5, 0.6) is 5.75 Å². The Balaban J connectivity index is 0.00000289. The second kappa shape index (κ2) is 11.9. The lowest BCUT2D eigenvalue weighted by Crippen LogP contribution is -3.00. The van der Waals surface area contributed by atoms with Gasteiger partial charge in [-0.15, -0.1) is 0 Å². The lowest BCUT2D eigenvalue weighted by molar-refractivity contribution is -0.00000713. The predicted octanol–water partition coefficient (Wildman–Crippen LogP) is 2.98. The van der Waals surface area contributed by atoms with Crippen LogP contribution >= 0.6 is 7.26 Å². The highest BCUT2D eigenvalue weighted by molar-refractivity contribution is 7.95. The molecule has 0 unspecified atom stereocenters. The summed E-state index contributed by atoms with van der Waals surface area (Å²) in [6, 6.07) is 39.1. The molecule has 0 radical (unpaired) electrons. The maximum absolute atomic E-state index is 13.1. The standard InChI is InChI=1S/C28H27FOP.BrH/c29-24-18-20-25(21-19-24)30-22-10-11-23-31(26-12-4-1-5-13-26,27-14-6-2-7-15-27)28-16-8-3-9-17-28;/h1-9,12-21H,10-11,22-23H2;1H/q+1;/p-1. The molecule has 0 aliphatic carbocycles. The van der Waals surface area contributed by atoms with Crippen LogP contribution in [0, 0.1) is 5.82 Å². The minimum absolute atomic E-state index is 0. The summed E-state index contributed by atoms with van der Waals surface area (Å²) in [6.45, 7) is 0.629. The van der Waals surface area contributed by atoms with Crippen LogP contribution in [-0.4, -0.2) is 12.8 Å². The monoisotopic (exact) mass is 508 g/mol. The third kappa shape index (κ3) is 5.65. The van der Waals surface area contributed by atoms with E-state index in [1.54, 1.807) is 12.1 Å². The molecule has 0 N–H and O–H groups in total. The molecule has 32 heavy (non-hydrogen) atoms. The first-order valence-corrected chi connectivity index (χ1v) is 12.7. The quantitative estimate of drug-likeness (QED) is 0.249. The van der Waals surface area contributed by atoms with E-state index >= 15 is 0 Å². The molecule has 164 valence electrons. The molecule has 0 aromatic heterocycles. The van der Waals surface area contributed by atoms with E-state index in [0.29, 0.717) is 6.61 Å². The molecule has 0 saturated heterocycles. The normalized spacial score (nSPS) is 10.9. The molecule has 0 atom stereocenters. The van der Waals surface area contributed by atoms with Crippen molar-refractivity contribution in [2.24, 2.45) is 0 Å². The molecular weight excluding hydrogens is 482 g/mol. The number of unbranched alkanes of at least 4 members (excludes halogenated alkanes) is 1. The Labute approximate surface area is 201 Å². The Hall–Kier alpha value is -2.48. The van der Waals surface area contributed by atoms with Crippen molar-refractivity contribution in [1.82, 2.24) is 0 Å². The van der Waals surface area contributed by atoms with Crippen LogP contribution in [0.25, 0.3) is 0 Å². The zero-order valence-corrected chi connectivity index (χ0v) is 20.4. The van der Waals surface area contributed by atoms with Gasteiger partial charge in [-0.05, 0) is 73.5 Å². The van der Waals surface area contributed by atoms with Gasteiger partial charge in [-0.1, -0.05) is 54.6 Å². The summed E-state index contributed by atoms with van der Waals surface area (Å²) in [5.41, 5.74) is 0. The van der Waals surface area contributed by atoms with E-state index in [4.69, 9.17) is 4.74 Å². The molecule has 0 heterocycles. The van der Waals surface area contributed by atoms with Gasteiger partial charge in [-0.25, -0.2) is 4.39 Å². The molecule has 4 aromatic rings. The Morgan fingerprint density at radius 2 is 1.00 bits per heavy atom. The molecule has 0 amide bonds. The SMILES string of the molecule is Fc1ccc(OCCCC[P+](c2ccccc2)(c2ccccc2)c2ccccc2)cc1.[Br-]. The molecule has 1 nitrogen and oxygen atoms in total. The van der Waals surface area contributed by atoms with Gasteiger partial charge in [0.15, 0.2) is 0 Å². The summed E-state index contributed by atoms with van der Waals surface area (Å²) < 4.78 is 18.9. The summed E-state index contributed by atoms with van der Waals surface area (Å²) in [6.07, 6.45) is 3.08. The number of ether oxygens (including phenoxy) is 1. The topological polar surface area (TPSA) is 9.23 Å². The number of rotatable bonds is 9. The van der Waals surface area contributed by atoms with Gasteiger partial charge in [-0.2, -0.15) is 0 Å². The number of halogens is 2. The minimum atomic E-state index is -1.78. The largest absolute Gasteiger partial charge is 1.00 e. The fraction of sp³-hybridized carbons (Fsp3) is 0.143. The average Bonchev–Trinajstić information content (AvgIpc) is 2.84. The fourth-order valence-electron chi connectivity index (χ4n) is 4.05. The van der Waals surface area contributed by atoms with Gasteiger partial charge in [0.2, 0.25) is 0 Å². The Morgan fingerprint density at radius 1 is 0.562 bits per heavy atom. The van der Waals surface area contributed by atoms with E-state index in [1.807, 2.05) is 0 Å². The molecule has 0 saturated carbocycles. The van der Waals surface area contributed by atoms with Crippen LogP contribution in [0.3, 0.4) is 0 Å². The van der Waals surface area contributed by atoms with E-state index in [0.717, 1.165) is 24.8 Å². The first-order valence-electron chi connectivity index (χ1n) is 10.7. The summed E-state index contributed by atoms with van der Waals surface area (Å²) in [5, 5.41) is 4.23. The van der Waals surface area contributed by atoms with Crippen LogP contribution in [0.1, 0.15) is 12.8 Å². The molecule has 0 aliphatic heterocycles. The van der Waals surface area contributed by atoms with Crippen molar-refractivity contribution in [3.8, 4) is 5.75 Å². The van der Waals surface area contributed by atoms with Gasteiger partial charge in [0.05, 0.1) is 12.8 Å². The zero-order valence-electron chi connectivity index (χ0n) is 17.9. The van der Waals surface area contributed by atoms with Crippen LogP contribution in [0.4, 0.5) is 4.39 Å². The zero-order chi connectivity index (χ0) is 21.4. The second-order valence-electron chi connectivity index (χ2n) is 7.55. The van der Waals surface area contributed by atoms with Gasteiger partial charge in [0, 0.05) is 0 Å². The predicted molar refractivity (Wildman–Crippen MR) is 131 cm³/mol. The Morgan fingerprint density at radius 3 is 1.44 bits per heavy atom. The van der Waals surface area contributed by atoms with E-state index in [1.165, 1.54) is 28.0 Å². The Bertz CT molecular complexity index is 960. The van der Waals surface area contributed by atoms with Gasteiger partial charge in [0.1, 0.15) is 34.7 Å². The van der Waals surface area contributed by atoms with Crippen LogP contribution < -0.4 is 37.6 Å². The maximum Gasteiger partial charge on any atom is 0.123 e. The number of hydrogen-bond acceptors (Lipinski definition) is 1. The molecule has 4 aromatic carbocycles. The average molecular weight is 509 g/mol. The molecule has 0 fully saturated rings. The maximum atomic E-state index is 13.1. The summed E-state index contributed by atoms with van der Waals surface area (Å²) in [5.74, 6) is 0.479. The lowest BCUT2D eigenvalue weighted by atomic mass is 10.3. The van der Waals surface area contributed by atoms with Crippen molar-refractivity contribution in [2.45, 2.75) is 12.8 Å². The van der Waals surface area contributed by atoms with Gasteiger partial charge >= 0.3 is 0 Å². The summed E-state index contributed by atoms with van der Waals surface area (Å²) in [4.78, 5) is 0. The van der Waals surface area contributed by atoms with Crippen LogP contribution in [-0.2, 0) is 0 Å². The third-order valence-corrected chi connectivity index (χ3v) is 10.1. The number of benzene rings is 4. The molecule has 0 bridgehead atoms. The highest BCUT2D eigenvalue weighted by Gasteiger charge is 2.44. The van der Waals surface area contributed by atoms with Gasteiger partial charge < -0.3 is 21.7 Å². The van der Waals surface area contributed by atoms with Crippen molar-refractivity contribution < 1.29 is 26.1 Å². The van der Waals surface area contributed by atoms with Crippen molar-refractivity contribution in [2.75, 3.05) is 12.8 Å². The van der Waals surface area contributed by atoms with E-state index in [2.05, 4.69) is 91.0 Å². The van der Waals surface area contributed by atoms with E-state index in [9.17, 15) is 4.39 Å². The Kier molecular flexibility index (Phi) is 9.02. The van der Waals surface area contributed by atoms with Crippen molar-refractivity contribution in [3.05, 3.63) is 121 Å². The van der Waals surface area contributed by atoms with Crippen molar-refractivity contribution >= 4 is 23.2 Å². The molecular formula is C28H27BrFOP. The fourth-order valence-corrected chi connectivity index (χ4v) is 8.46. The lowest BCUT2D eigenvalue weighted by Gasteiger charge is -2.27. The van der Waals surface area contributed by atoms with Crippen LogP contribution in [0.2, 0.25) is 0 Å². The van der Waals surface area contributed by atoms with Gasteiger partial charge in [0.25, 0.3) is 0 Å². The highest BCUT2D eigenvalue weighted by Crippen LogP contribution is 2.55. The first-order chi connectivity index (χ1) is 15.3. The molecule has 0 spiro atoms. The van der Waals surface area contributed by atoms with Crippen molar-refractivity contribution in [3.63, 3.8) is 0 Å². The van der Waals surface area contributed by atoms with Crippen LogP contribution in [0.15, 0.2) is 115 Å². The van der Waals surface area contributed by atoms with E-state index < -0.39 is 7.26 Å². The summed E-state index contributed by atoms with van der Waals surface area (Å²) >= 11 is 0. The highest BCUT2D eigenvalue weighted by atomic mass is 79.9. The minimum Gasteiger partial charge on any atom is -1.00 e. The molecule has 4 rings (SSSR count). The molecule has 0 aliphatic rings.